The Morgan fingerprint density at radius 2 is 1.50 bits per heavy atom. The number of benzene rings is 1. The second-order valence-electron chi connectivity index (χ2n) is 11.6. The minimum absolute atomic E-state index is 0.0318. The predicted molar refractivity (Wildman–Crippen MR) is 144 cm³/mol. The van der Waals surface area contributed by atoms with Gasteiger partial charge in [-0.05, 0) is 34.7 Å². The first-order chi connectivity index (χ1) is 17.5. The number of halogens is 2. The molecule has 0 spiro atoms. The standard InChI is InChI=1S/C24H39F2N3O7Si2/c1-14(2)37(15(3)4)34-13-18-11-22(27-20-10-9-19(28(30)31)12-21(20)29(32)33)24(25,26)23(18)35-38(36-37,16(5)6)17(7)8/h9-10,12,14-18,22-23,27H,11,13H2,1-8H3. The summed E-state index contributed by atoms with van der Waals surface area (Å²) in [4.78, 5) is 21.1. The van der Waals surface area contributed by atoms with Gasteiger partial charge < -0.3 is 18.3 Å². The van der Waals surface area contributed by atoms with E-state index in [-0.39, 0.29) is 40.9 Å². The molecule has 1 N–H and O–H groups in total. The highest BCUT2D eigenvalue weighted by Crippen LogP contribution is 2.52. The number of anilines is 1. The van der Waals surface area contributed by atoms with Gasteiger partial charge in [-0.25, -0.2) is 8.78 Å². The minimum Gasteiger partial charge on any atom is -0.414 e. The lowest BCUT2D eigenvalue weighted by molar-refractivity contribution is -0.393. The fourth-order valence-corrected chi connectivity index (χ4v) is 17.1. The van der Waals surface area contributed by atoms with Crippen molar-refractivity contribution in [1.82, 2.24) is 0 Å². The number of nitro groups is 2. The molecule has 1 saturated heterocycles. The van der Waals surface area contributed by atoms with Crippen LogP contribution in [0, 0.1) is 26.1 Å². The van der Waals surface area contributed by atoms with E-state index in [4.69, 9.17) is 13.0 Å². The summed E-state index contributed by atoms with van der Waals surface area (Å²) in [5.41, 5.74) is -1.49. The molecule has 0 aromatic heterocycles. The number of fused-ring (bicyclic) bond motifs is 1. The summed E-state index contributed by atoms with van der Waals surface area (Å²) in [5.74, 6) is -4.08. The largest absolute Gasteiger partial charge is 0.414 e. The van der Waals surface area contributed by atoms with E-state index in [0.29, 0.717) is 0 Å². The quantitative estimate of drug-likeness (QED) is 0.202. The normalized spacial score (nSPS) is 26.3. The van der Waals surface area contributed by atoms with Gasteiger partial charge in [0.05, 0.1) is 22.0 Å². The molecule has 3 atom stereocenters. The zero-order valence-corrected chi connectivity index (χ0v) is 25.2. The predicted octanol–water partition coefficient (Wildman–Crippen LogP) is 6.90. The Bertz CT molecular complexity index is 1040. The van der Waals surface area contributed by atoms with E-state index >= 15 is 8.78 Å². The first kappa shape index (κ1) is 30.5. The van der Waals surface area contributed by atoms with E-state index in [0.717, 1.165) is 18.2 Å². The Morgan fingerprint density at radius 1 is 0.947 bits per heavy atom. The number of alkyl halides is 2. The van der Waals surface area contributed by atoms with Crippen LogP contribution >= 0.6 is 0 Å². The number of nitro benzene ring substituents is 2. The molecular formula is C24H39F2N3O7Si2. The zero-order valence-electron chi connectivity index (χ0n) is 23.2. The lowest BCUT2D eigenvalue weighted by Crippen LogP contribution is -2.65. The van der Waals surface area contributed by atoms with Crippen LogP contribution in [0.3, 0.4) is 0 Å². The number of hydrogen-bond acceptors (Lipinski definition) is 8. The molecule has 1 aromatic rings. The van der Waals surface area contributed by atoms with Crippen molar-refractivity contribution in [2.45, 2.75) is 102 Å². The van der Waals surface area contributed by atoms with Gasteiger partial charge >= 0.3 is 17.1 Å². The zero-order chi connectivity index (χ0) is 28.8. The molecule has 2 fully saturated rings. The molecular weight excluding hydrogens is 536 g/mol. The van der Waals surface area contributed by atoms with Crippen LogP contribution in [0.1, 0.15) is 61.8 Å². The Labute approximate surface area is 224 Å². The van der Waals surface area contributed by atoms with E-state index in [1.807, 2.05) is 55.4 Å². The van der Waals surface area contributed by atoms with Crippen LogP contribution < -0.4 is 5.32 Å². The number of non-ortho nitro benzene ring substituents is 1. The average Bonchev–Trinajstić information content (AvgIpc) is 3.01. The summed E-state index contributed by atoms with van der Waals surface area (Å²) in [7, 11) is -6.19. The number of rotatable bonds is 8. The van der Waals surface area contributed by atoms with Gasteiger partial charge in [0.25, 0.3) is 17.3 Å². The molecule has 10 nitrogen and oxygen atoms in total. The van der Waals surface area contributed by atoms with E-state index in [1.54, 1.807) is 0 Å². The lowest BCUT2D eigenvalue weighted by atomic mass is 10.1. The molecule has 0 radical (unpaired) electrons. The number of hydrogen-bond donors (Lipinski definition) is 1. The van der Waals surface area contributed by atoms with Crippen molar-refractivity contribution < 1.29 is 31.6 Å². The first-order valence-corrected chi connectivity index (χ1v) is 17.0. The SMILES string of the molecule is CC(C)[Si]1(C(C)C)OCC2CC(Nc3ccc([N+](=O)[O-])cc3[N+](=O)[O-])C(F)(F)C2O[Si](C(C)C)(C(C)C)O1. The molecule has 0 amide bonds. The van der Waals surface area contributed by atoms with Crippen LogP contribution in [-0.4, -0.2) is 51.6 Å². The fraction of sp³-hybridized carbons (Fsp3) is 0.750. The third kappa shape index (κ3) is 5.25. The molecule has 0 bridgehead atoms. The van der Waals surface area contributed by atoms with Crippen molar-refractivity contribution in [3.05, 3.63) is 38.4 Å². The van der Waals surface area contributed by atoms with Gasteiger partial charge in [0.2, 0.25) is 0 Å². The van der Waals surface area contributed by atoms with Crippen molar-refractivity contribution >= 4 is 34.2 Å². The van der Waals surface area contributed by atoms with Gasteiger partial charge in [0.15, 0.2) is 0 Å². The Morgan fingerprint density at radius 3 is 1.97 bits per heavy atom. The van der Waals surface area contributed by atoms with E-state index in [2.05, 4.69) is 5.32 Å². The van der Waals surface area contributed by atoms with Crippen LogP contribution in [0.2, 0.25) is 22.2 Å². The molecule has 14 heteroatoms. The van der Waals surface area contributed by atoms with Crippen molar-refractivity contribution in [3.63, 3.8) is 0 Å². The number of nitrogens with one attached hydrogen (secondary N) is 1. The number of nitrogens with zero attached hydrogens (tertiary/aromatic N) is 2. The van der Waals surface area contributed by atoms with Crippen LogP contribution in [-0.2, 0) is 13.0 Å². The smallest absolute Gasteiger partial charge is 0.335 e. The van der Waals surface area contributed by atoms with Gasteiger partial charge in [0, 0.05) is 18.6 Å². The molecule has 3 unspecified atom stereocenters. The van der Waals surface area contributed by atoms with Crippen molar-refractivity contribution in [1.29, 1.82) is 0 Å². The van der Waals surface area contributed by atoms with Crippen LogP contribution in [0.4, 0.5) is 25.8 Å². The molecule has 214 valence electrons. The van der Waals surface area contributed by atoms with E-state index in [1.165, 1.54) is 0 Å². The van der Waals surface area contributed by atoms with Gasteiger partial charge in [0.1, 0.15) is 11.8 Å². The van der Waals surface area contributed by atoms with E-state index < -0.39 is 62.3 Å². The summed E-state index contributed by atoms with van der Waals surface area (Å²) in [6.45, 7) is 16.0. The lowest BCUT2D eigenvalue weighted by Gasteiger charge is -2.51. The molecule has 1 heterocycles. The van der Waals surface area contributed by atoms with Gasteiger partial charge in [-0.2, -0.15) is 0 Å². The van der Waals surface area contributed by atoms with Crippen molar-refractivity contribution in [2.75, 3.05) is 11.9 Å². The van der Waals surface area contributed by atoms with Crippen molar-refractivity contribution in [2.24, 2.45) is 5.92 Å². The maximum absolute atomic E-state index is 16.1. The Kier molecular flexibility index (Phi) is 8.73. The summed E-state index contributed by atoms with van der Waals surface area (Å²) in [5, 5.41) is 25.3. The van der Waals surface area contributed by atoms with Gasteiger partial charge in [-0.3, -0.25) is 20.2 Å². The van der Waals surface area contributed by atoms with E-state index in [9.17, 15) is 20.2 Å². The highest BCUT2D eigenvalue weighted by molar-refractivity contribution is 6.83. The summed E-state index contributed by atoms with van der Waals surface area (Å²) >= 11 is 0. The van der Waals surface area contributed by atoms with Crippen LogP contribution in [0.5, 0.6) is 0 Å². The molecule has 38 heavy (non-hydrogen) atoms. The van der Waals surface area contributed by atoms with Crippen LogP contribution in [0.25, 0.3) is 0 Å². The second-order valence-corrected chi connectivity index (χ2v) is 20.4. The first-order valence-electron chi connectivity index (χ1n) is 13.1. The molecule has 1 aliphatic carbocycles. The monoisotopic (exact) mass is 575 g/mol. The highest BCUT2D eigenvalue weighted by Gasteiger charge is 2.66. The fourth-order valence-electron chi connectivity index (χ4n) is 5.82. The topological polar surface area (TPSA) is 126 Å². The second kappa shape index (κ2) is 10.9. The molecule has 2 aliphatic rings. The molecule has 1 aliphatic heterocycles. The molecule has 1 aromatic carbocycles. The third-order valence-electron chi connectivity index (χ3n) is 7.90. The van der Waals surface area contributed by atoms with Crippen molar-refractivity contribution in [3.8, 4) is 0 Å². The third-order valence-corrected chi connectivity index (χ3v) is 18.1. The summed E-state index contributed by atoms with van der Waals surface area (Å²) in [6, 6.07) is 1.43. The molecule has 1 saturated carbocycles. The Balaban J connectivity index is 2.06. The summed E-state index contributed by atoms with van der Waals surface area (Å²) < 4.78 is 52.4. The Hall–Kier alpha value is -2.01. The van der Waals surface area contributed by atoms with Gasteiger partial charge in [-0.1, -0.05) is 55.4 Å². The average molecular weight is 576 g/mol. The van der Waals surface area contributed by atoms with Gasteiger partial charge in [-0.15, -0.1) is 0 Å². The van der Waals surface area contributed by atoms with Crippen LogP contribution in [0.15, 0.2) is 18.2 Å². The summed E-state index contributed by atoms with van der Waals surface area (Å²) in [6.07, 6.45) is -1.55. The maximum Gasteiger partial charge on any atom is 0.335 e. The minimum atomic E-state index is -3.41. The molecule has 3 rings (SSSR count). The maximum atomic E-state index is 16.1. The highest BCUT2D eigenvalue weighted by atomic mass is 28.5.